The number of hydrogen-bond acceptors (Lipinski definition) is 7. The Labute approximate surface area is 220 Å². The van der Waals surface area contributed by atoms with E-state index in [-0.39, 0.29) is 0 Å². The fraction of sp³-hybridized carbons (Fsp3) is 0.167. The predicted octanol–water partition coefficient (Wildman–Crippen LogP) is 7.40. The van der Waals surface area contributed by atoms with Crippen LogP contribution in [0.3, 0.4) is 0 Å². The van der Waals surface area contributed by atoms with Gasteiger partial charge < -0.3 is 14.2 Å². The highest BCUT2D eigenvalue weighted by Crippen LogP contribution is 2.36. The van der Waals surface area contributed by atoms with Crippen molar-refractivity contribution in [3.8, 4) is 27.7 Å². The Morgan fingerprint density at radius 3 is 2.43 bits per heavy atom. The maximum Gasteiger partial charge on any atom is 0.163 e. The van der Waals surface area contributed by atoms with Crippen LogP contribution in [0.4, 0.5) is 5.82 Å². The van der Waals surface area contributed by atoms with E-state index in [1.54, 1.807) is 25.6 Å². The van der Waals surface area contributed by atoms with Gasteiger partial charge in [0.15, 0.2) is 17.3 Å². The van der Waals surface area contributed by atoms with Crippen molar-refractivity contribution in [3.05, 3.63) is 95.1 Å². The number of nitrogens with zero attached hydrogens (tertiary/aromatic N) is 3. The van der Waals surface area contributed by atoms with Crippen molar-refractivity contribution < 1.29 is 14.2 Å². The molecule has 0 fully saturated rings. The van der Waals surface area contributed by atoms with Crippen molar-refractivity contribution in [1.29, 1.82) is 0 Å². The van der Waals surface area contributed by atoms with Gasteiger partial charge in [-0.3, -0.25) is 0 Å². The van der Waals surface area contributed by atoms with Crippen molar-refractivity contribution in [1.82, 2.24) is 9.97 Å². The quantitative estimate of drug-likeness (QED) is 0.204. The van der Waals surface area contributed by atoms with Gasteiger partial charge in [0.25, 0.3) is 0 Å². The molecule has 0 radical (unpaired) electrons. The molecule has 0 saturated carbocycles. The first-order chi connectivity index (χ1) is 18.0. The van der Waals surface area contributed by atoms with Crippen LogP contribution in [0.5, 0.6) is 17.2 Å². The van der Waals surface area contributed by atoms with Crippen LogP contribution in [0.2, 0.25) is 0 Å². The normalized spacial score (nSPS) is 11.5. The van der Waals surface area contributed by atoms with Crippen LogP contribution in [0.15, 0.2) is 83.9 Å². The smallest absolute Gasteiger partial charge is 0.163 e. The van der Waals surface area contributed by atoms with Gasteiger partial charge >= 0.3 is 0 Å². The number of hydrogen-bond donors (Lipinski definition) is 0. The van der Waals surface area contributed by atoms with Gasteiger partial charge in [0, 0.05) is 21.2 Å². The van der Waals surface area contributed by atoms with E-state index in [4.69, 9.17) is 19.2 Å². The standard InChI is InChI=1S/C30H27N3O3S/c1-19(31-30-24-16-26(34-3)27(35-4)17-25(24)32-20(2)33-30)28-13-14-29(37-28)22-11-8-12-23(15-22)36-18-21-9-6-5-7-10-21/h5-17H,18H2,1-4H3. The molecule has 7 heteroatoms. The molecule has 0 aliphatic rings. The molecule has 5 aromatic rings. The second kappa shape index (κ2) is 10.8. The first-order valence-electron chi connectivity index (χ1n) is 11.9. The maximum atomic E-state index is 6.02. The zero-order chi connectivity index (χ0) is 25.8. The number of ether oxygens (including phenoxy) is 3. The van der Waals surface area contributed by atoms with Crippen LogP contribution in [0, 0.1) is 6.92 Å². The number of methoxy groups -OCH3 is 2. The minimum absolute atomic E-state index is 0.536. The Balaban J connectivity index is 1.42. The van der Waals surface area contributed by atoms with Crippen LogP contribution < -0.4 is 14.2 Å². The van der Waals surface area contributed by atoms with Crippen LogP contribution >= 0.6 is 11.3 Å². The summed E-state index contributed by atoms with van der Waals surface area (Å²) < 4.78 is 16.9. The molecule has 0 saturated heterocycles. The summed E-state index contributed by atoms with van der Waals surface area (Å²) in [6, 6.07) is 26.3. The molecule has 6 nitrogen and oxygen atoms in total. The molecule has 0 bridgehead atoms. The van der Waals surface area contributed by atoms with E-state index in [0.29, 0.717) is 29.7 Å². The molecule has 2 aromatic heterocycles. The molecule has 0 spiro atoms. The van der Waals surface area contributed by atoms with Gasteiger partial charge in [-0.25, -0.2) is 15.0 Å². The van der Waals surface area contributed by atoms with Crippen molar-refractivity contribution in [2.24, 2.45) is 4.99 Å². The molecule has 0 aliphatic carbocycles. The topological polar surface area (TPSA) is 65.8 Å². The fourth-order valence-electron chi connectivity index (χ4n) is 4.02. The van der Waals surface area contributed by atoms with Gasteiger partial charge in [0.1, 0.15) is 18.2 Å². The number of fused-ring (bicyclic) bond motifs is 1. The lowest BCUT2D eigenvalue weighted by Gasteiger charge is -2.10. The van der Waals surface area contributed by atoms with Crippen LogP contribution in [0.1, 0.15) is 23.2 Å². The minimum Gasteiger partial charge on any atom is -0.493 e. The summed E-state index contributed by atoms with van der Waals surface area (Å²) in [4.78, 5) is 16.3. The largest absolute Gasteiger partial charge is 0.493 e. The molecule has 3 aromatic carbocycles. The third kappa shape index (κ3) is 5.47. The highest BCUT2D eigenvalue weighted by Gasteiger charge is 2.13. The second-order valence-corrected chi connectivity index (χ2v) is 9.57. The molecule has 5 rings (SSSR count). The van der Waals surface area contributed by atoms with Gasteiger partial charge in [-0.1, -0.05) is 42.5 Å². The van der Waals surface area contributed by atoms with E-state index in [0.717, 1.165) is 43.2 Å². The summed E-state index contributed by atoms with van der Waals surface area (Å²) in [7, 11) is 3.22. The van der Waals surface area contributed by atoms with E-state index in [1.165, 1.54) is 0 Å². The molecule has 0 unspecified atom stereocenters. The summed E-state index contributed by atoms with van der Waals surface area (Å²) in [6.45, 7) is 4.40. The minimum atomic E-state index is 0.536. The Hall–Kier alpha value is -4.23. The third-order valence-corrected chi connectivity index (χ3v) is 7.14. The summed E-state index contributed by atoms with van der Waals surface area (Å²) in [6.07, 6.45) is 0. The molecule has 2 heterocycles. The third-order valence-electron chi connectivity index (χ3n) is 5.90. The zero-order valence-electron chi connectivity index (χ0n) is 21.2. The SMILES string of the molecule is COc1cc2nc(C)nc(N=C(C)c3ccc(-c4cccc(OCc5ccccc5)c4)s3)c2cc1OC. The summed E-state index contributed by atoms with van der Waals surface area (Å²) in [5.74, 6) is 3.33. The fourth-order valence-corrected chi connectivity index (χ4v) is 4.97. The number of thiophene rings is 1. The molecular weight excluding hydrogens is 482 g/mol. The molecular formula is C30H27N3O3S. The maximum absolute atomic E-state index is 6.02. The van der Waals surface area contributed by atoms with Crippen LogP contribution in [-0.4, -0.2) is 29.9 Å². The number of rotatable bonds is 8. The average molecular weight is 510 g/mol. The summed E-state index contributed by atoms with van der Waals surface area (Å²) in [5.41, 5.74) is 3.88. The Kier molecular flexibility index (Phi) is 7.14. The number of aryl methyl sites for hydroxylation is 1. The summed E-state index contributed by atoms with van der Waals surface area (Å²) >= 11 is 1.69. The number of aliphatic imine (C=N–C) groups is 1. The van der Waals surface area contributed by atoms with Crippen LogP contribution in [0.25, 0.3) is 21.3 Å². The lowest BCUT2D eigenvalue weighted by molar-refractivity contribution is 0.306. The molecule has 0 amide bonds. The second-order valence-electron chi connectivity index (χ2n) is 8.48. The Morgan fingerprint density at radius 2 is 1.65 bits per heavy atom. The highest BCUT2D eigenvalue weighted by atomic mass is 32.1. The number of benzene rings is 3. The van der Waals surface area contributed by atoms with Crippen molar-refractivity contribution in [3.63, 3.8) is 0 Å². The van der Waals surface area contributed by atoms with Gasteiger partial charge in [-0.15, -0.1) is 11.3 Å². The van der Waals surface area contributed by atoms with E-state index in [1.807, 2.05) is 56.3 Å². The lowest BCUT2D eigenvalue weighted by Crippen LogP contribution is -1.96. The predicted molar refractivity (Wildman–Crippen MR) is 150 cm³/mol. The first-order valence-corrected chi connectivity index (χ1v) is 12.7. The van der Waals surface area contributed by atoms with Gasteiger partial charge in [-0.2, -0.15) is 0 Å². The van der Waals surface area contributed by atoms with Crippen molar-refractivity contribution in [2.75, 3.05) is 14.2 Å². The van der Waals surface area contributed by atoms with Crippen molar-refractivity contribution in [2.45, 2.75) is 20.5 Å². The van der Waals surface area contributed by atoms with E-state index in [2.05, 4.69) is 46.4 Å². The molecule has 0 atom stereocenters. The average Bonchev–Trinajstić information content (AvgIpc) is 3.43. The Morgan fingerprint density at radius 1 is 0.865 bits per heavy atom. The number of aromatic nitrogens is 2. The molecule has 0 aliphatic heterocycles. The summed E-state index contributed by atoms with van der Waals surface area (Å²) in [5, 5.41) is 0.808. The molecule has 0 N–H and O–H groups in total. The monoisotopic (exact) mass is 509 g/mol. The Bertz CT molecular complexity index is 1580. The van der Waals surface area contributed by atoms with E-state index in [9.17, 15) is 0 Å². The van der Waals surface area contributed by atoms with E-state index < -0.39 is 0 Å². The van der Waals surface area contributed by atoms with Gasteiger partial charge in [-0.05, 0) is 55.3 Å². The van der Waals surface area contributed by atoms with Gasteiger partial charge in [0.05, 0.1) is 25.4 Å². The molecule has 186 valence electrons. The van der Waals surface area contributed by atoms with Crippen LogP contribution in [-0.2, 0) is 6.61 Å². The lowest BCUT2D eigenvalue weighted by atomic mass is 10.2. The molecule has 37 heavy (non-hydrogen) atoms. The van der Waals surface area contributed by atoms with Gasteiger partial charge in [0.2, 0.25) is 0 Å². The highest BCUT2D eigenvalue weighted by molar-refractivity contribution is 7.17. The van der Waals surface area contributed by atoms with E-state index >= 15 is 0 Å². The van der Waals surface area contributed by atoms with Crippen molar-refractivity contribution >= 4 is 33.8 Å². The zero-order valence-corrected chi connectivity index (χ0v) is 22.0. The first kappa shape index (κ1) is 24.5.